The highest BCUT2D eigenvalue weighted by atomic mass is 16.8. The Morgan fingerprint density at radius 2 is 1.96 bits per heavy atom. The number of rotatable bonds is 5. The zero-order valence-electron chi connectivity index (χ0n) is 12.8. The van der Waals surface area contributed by atoms with Gasteiger partial charge in [0.25, 0.3) is 0 Å². The van der Waals surface area contributed by atoms with E-state index in [1.807, 2.05) is 0 Å². The number of amides is 1. The summed E-state index contributed by atoms with van der Waals surface area (Å²) >= 11 is 0. The number of hydrogen-bond donors (Lipinski definition) is 6. The molecule has 1 aliphatic heterocycles. The molecule has 0 aliphatic carbocycles. The van der Waals surface area contributed by atoms with Gasteiger partial charge in [0.1, 0.15) is 30.1 Å². The van der Waals surface area contributed by atoms with Gasteiger partial charge in [0.15, 0.2) is 5.69 Å². The molecule has 1 aromatic rings. The van der Waals surface area contributed by atoms with Crippen molar-refractivity contribution in [2.45, 2.75) is 37.6 Å². The van der Waals surface area contributed by atoms with Crippen LogP contribution in [0.25, 0.3) is 0 Å². The van der Waals surface area contributed by atoms with E-state index in [-0.39, 0.29) is 11.4 Å². The molecule has 10 nitrogen and oxygen atoms in total. The van der Waals surface area contributed by atoms with E-state index in [1.54, 1.807) is 0 Å². The van der Waals surface area contributed by atoms with Gasteiger partial charge in [-0.2, -0.15) is 5.23 Å². The highest BCUT2D eigenvalue weighted by Gasteiger charge is 2.46. The minimum Gasteiger partial charge on any atom is -0.595 e. The van der Waals surface area contributed by atoms with Crippen molar-refractivity contribution < 1.29 is 40.0 Å². The summed E-state index contributed by atoms with van der Waals surface area (Å²) in [6, 6.07) is 4.36. The molecule has 134 valence electrons. The lowest BCUT2D eigenvalue weighted by Gasteiger charge is -2.42. The Hall–Kier alpha value is -1.79. The summed E-state index contributed by atoms with van der Waals surface area (Å²) in [5, 5.41) is 50.3. The van der Waals surface area contributed by atoms with Crippen molar-refractivity contribution in [3.63, 3.8) is 0 Å². The number of hydrogen-bond acceptors (Lipinski definition) is 8. The fourth-order valence-electron chi connectivity index (χ4n) is 2.38. The minimum atomic E-state index is -1.41. The SMILES string of the molecule is CC(=O)NC1C(Oc2ccc([NH+]([O-])O)cc2)OC(CO)C(O)C1O. The zero-order chi connectivity index (χ0) is 17.9. The maximum Gasteiger partial charge on any atom is 0.223 e. The molecule has 1 aliphatic rings. The summed E-state index contributed by atoms with van der Waals surface area (Å²) in [6.45, 7) is 0.679. The number of quaternary nitrogens is 1. The lowest BCUT2D eigenvalue weighted by molar-refractivity contribution is -0.991. The first kappa shape index (κ1) is 18.5. The van der Waals surface area contributed by atoms with E-state index in [4.69, 9.17) is 14.7 Å². The minimum absolute atomic E-state index is 0.0639. The van der Waals surface area contributed by atoms with Crippen LogP contribution >= 0.6 is 0 Å². The second kappa shape index (κ2) is 7.85. The maximum atomic E-state index is 11.3. The van der Waals surface area contributed by atoms with Crippen LogP contribution in [0.3, 0.4) is 0 Å². The molecule has 6 atom stereocenters. The molecule has 10 heteroatoms. The number of benzene rings is 1. The van der Waals surface area contributed by atoms with Gasteiger partial charge in [-0.1, -0.05) is 0 Å². The lowest BCUT2D eigenvalue weighted by atomic mass is 9.97. The molecule has 0 bridgehead atoms. The average molecular weight is 344 g/mol. The Kier molecular flexibility index (Phi) is 6.07. The summed E-state index contributed by atoms with van der Waals surface area (Å²) in [5.74, 6) is -0.229. The molecule has 0 spiro atoms. The summed E-state index contributed by atoms with van der Waals surface area (Å²) in [6.07, 6.45) is -5.09. The topological polar surface area (TPSA) is 156 Å². The van der Waals surface area contributed by atoms with Crippen molar-refractivity contribution in [2.75, 3.05) is 6.61 Å². The highest BCUT2D eigenvalue weighted by Crippen LogP contribution is 2.24. The Labute approximate surface area is 137 Å². The summed E-state index contributed by atoms with van der Waals surface area (Å²) in [4.78, 5) is 11.3. The van der Waals surface area contributed by atoms with Crippen molar-refractivity contribution >= 4 is 11.6 Å². The Bertz CT molecular complexity index is 552. The van der Waals surface area contributed by atoms with Crippen molar-refractivity contribution in [1.82, 2.24) is 5.32 Å². The summed E-state index contributed by atoms with van der Waals surface area (Å²) in [7, 11) is 0. The number of carbonyl (C=O) groups excluding carboxylic acids is 1. The molecule has 1 amide bonds. The molecule has 6 unspecified atom stereocenters. The van der Waals surface area contributed by atoms with Crippen molar-refractivity contribution in [1.29, 1.82) is 0 Å². The molecule has 1 saturated heterocycles. The summed E-state index contributed by atoms with van der Waals surface area (Å²) < 4.78 is 10.9. The first-order chi connectivity index (χ1) is 11.3. The number of aliphatic hydroxyl groups excluding tert-OH is 3. The Balaban J connectivity index is 2.17. The van der Waals surface area contributed by atoms with Gasteiger partial charge in [0.05, 0.1) is 6.61 Å². The van der Waals surface area contributed by atoms with E-state index >= 15 is 0 Å². The third-order valence-corrected chi connectivity index (χ3v) is 3.60. The molecule has 1 heterocycles. The molecule has 2 rings (SSSR count). The van der Waals surface area contributed by atoms with E-state index in [0.29, 0.717) is 0 Å². The number of aliphatic hydroxyl groups is 3. The van der Waals surface area contributed by atoms with Gasteiger partial charge in [-0.15, -0.1) is 0 Å². The van der Waals surface area contributed by atoms with E-state index in [2.05, 4.69) is 5.32 Å². The maximum absolute atomic E-state index is 11.3. The number of carbonyl (C=O) groups is 1. The van der Waals surface area contributed by atoms with Crippen LogP contribution in [-0.2, 0) is 9.53 Å². The summed E-state index contributed by atoms with van der Waals surface area (Å²) in [5.41, 5.74) is 0.0639. The predicted octanol–water partition coefficient (Wildman–Crippen LogP) is -2.59. The molecule has 0 aromatic heterocycles. The van der Waals surface area contributed by atoms with Crippen LogP contribution in [0.1, 0.15) is 6.92 Å². The van der Waals surface area contributed by atoms with Crippen LogP contribution in [0.4, 0.5) is 5.69 Å². The molecule has 6 N–H and O–H groups in total. The molecule has 1 fully saturated rings. The van der Waals surface area contributed by atoms with E-state index < -0.39 is 48.4 Å². The third-order valence-electron chi connectivity index (χ3n) is 3.60. The van der Waals surface area contributed by atoms with Crippen LogP contribution in [0.5, 0.6) is 5.75 Å². The number of ether oxygens (including phenoxy) is 2. The molecule has 0 saturated carbocycles. The fraction of sp³-hybridized carbons (Fsp3) is 0.500. The van der Waals surface area contributed by atoms with Gasteiger partial charge in [0.2, 0.25) is 12.2 Å². The van der Waals surface area contributed by atoms with E-state index in [0.717, 1.165) is 0 Å². The van der Waals surface area contributed by atoms with Gasteiger partial charge in [0, 0.05) is 19.1 Å². The van der Waals surface area contributed by atoms with E-state index in [1.165, 1.54) is 31.2 Å². The molecule has 1 aromatic carbocycles. The second-order valence-corrected chi connectivity index (χ2v) is 5.38. The Morgan fingerprint density at radius 1 is 1.33 bits per heavy atom. The van der Waals surface area contributed by atoms with Crippen molar-refractivity contribution in [3.05, 3.63) is 29.5 Å². The van der Waals surface area contributed by atoms with Crippen LogP contribution in [0.2, 0.25) is 0 Å². The zero-order valence-corrected chi connectivity index (χ0v) is 12.8. The van der Waals surface area contributed by atoms with Crippen LogP contribution < -0.4 is 15.3 Å². The molecular formula is C14H20N2O8. The molecule has 0 radical (unpaired) electrons. The van der Waals surface area contributed by atoms with Crippen LogP contribution in [0.15, 0.2) is 24.3 Å². The quantitative estimate of drug-likeness (QED) is 0.318. The fourth-order valence-corrected chi connectivity index (χ4v) is 2.38. The lowest BCUT2D eigenvalue weighted by Crippen LogP contribution is -2.99. The van der Waals surface area contributed by atoms with Crippen LogP contribution in [0, 0.1) is 5.21 Å². The normalized spacial score (nSPS) is 31.3. The number of nitrogens with one attached hydrogen (secondary N) is 2. The average Bonchev–Trinajstić information content (AvgIpc) is 2.54. The highest BCUT2D eigenvalue weighted by molar-refractivity contribution is 5.73. The van der Waals surface area contributed by atoms with Crippen molar-refractivity contribution in [2.24, 2.45) is 0 Å². The van der Waals surface area contributed by atoms with Gasteiger partial charge < -0.3 is 35.3 Å². The van der Waals surface area contributed by atoms with Gasteiger partial charge in [-0.3, -0.25) is 4.79 Å². The second-order valence-electron chi connectivity index (χ2n) is 5.38. The largest absolute Gasteiger partial charge is 0.595 e. The monoisotopic (exact) mass is 344 g/mol. The molecular weight excluding hydrogens is 324 g/mol. The first-order valence-electron chi connectivity index (χ1n) is 7.23. The molecule has 24 heavy (non-hydrogen) atoms. The van der Waals surface area contributed by atoms with Gasteiger partial charge in [-0.25, -0.2) is 5.21 Å². The van der Waals surface area contributed by atoms with Gasteiger partial charge >= 0.3 is 0 Å². The standard InChI is InChI=1S/C14H20N2O8/c1-7(18)15-11-13(20)12(19)10(6-17)24-14(11)23-9-4-2-8(3-5-9)16(21)22/h2-5,10-14,16-17,19-21H,6H2,1H3,(H,15,18). The first-order valence-corrected chi connectivity index (χ1v) is 7.23. The van der Waals surface area contributed by atoms with Gasteiger partial charge in [-0.05, 0) is 12.1 Å². The van der Waals surface area contributed by atoms with Crippen LogP contribution in [-0.4, -0.2) is 63.7 Å². The Morgan fingerprint density at radius 3 is 2.46 bits per heavy atom. The predicted molar refractivity (Wildman–Crippen MR) is 78.2 cm³/mol. The van der Waals surface area contributed by atoms with E-state index in [9.17, 15) is 25.3 Å². The third kappa shape index (κ3) is 4.19. The smallest absolute Gasteiger partial charge is 0.223 e. The van der Waals surface area contributed by atoms with Crippen molar-refractivity contribution in [3.8, 4) is 5.75 Å².